The van der Waals surface area contributed by atoms with E-state index in [2.05, 4.69) is 30.9 Å². The predicted octanol–water partition coefficient (Wildman–Crippen LogP) is 3.76. The summed E-state index contributed by atoms with van der Waals surface area (Å²) in [6, 6.07) is 15.2. The van der Waals surface area contributed by atoms with Crippen LogP contribution in [0, 0.1) is 5.41 Å². The molecule has 8 nitrogen and oxygen atoms in total. The molecule has 0 bridgehead atoms. The molecule has 0 aliphatic heterocycles. The normalized spacial score (nSPS) is 10.5. The molecule has 3 aromatic rings. The molecule has 0 unspecified atom stereocenters. The van der Waals surface area contributed by atoms with Crippen molar-refractivity contribution < 1.29 is 0 Å². The highest BCUT2D eigenvalue weighted by atomic mass is 15.3. The van der Waals surface area contributed by atoms with Gasteiger partial charge in [0.25, 0.3) is 0 Å². The third kappa shape index (κ3) is 4.91. The molecule has 8 heteroatoms. The van der Waals surface area contributed by atoms with Crippen molar-refractivity contribution in [3.05, 3.63) is 54.1 Å². The number of anilines is 6. The van der Waals surface area contributed by atoms with E-state index in [4.69, 9.17) is 11.1 Å². The van der Waals surface area contributed by atoms with Crippen molar-refractivity contribution in [1.29, 1.82) is 5.41 Å². The molecule has 0 fully saturated rings. The van der Waals surface area contributed by atoms with Crippen molar-refractivity contribution in [1.82, 2.24) is 15.0 Å². The van der Waals surface area contributed by atoms with E-state index in [0.29, 0.717) is 29.1 Å². The lowest BCUT2D eigenvalue weighted by atomic mass is 10.2. The van der Waals surface area contributed by atoms with E-state index in [1.54, 1.807) is 12.1 Å². The predicted molar refractivity (Wildman–Crippen MR) is 110 cm³/mol. The Morgan fingerprint density at radius 3 is 2.15 bits per heavy atom. The van der Waals surface area contributed by atoms with E-state index in [-0.39, 0.29) is 6.04 Å². The van der Waals surface area contributed by atoms with Gasteiger partial charge in [-0.15, -0.1) is 0 Å². The SMILES string of the molecule is CC(C)Nc1nc(Nc2ccccc2)nc(Nc2ccc(N)c(C=N)c2)n1. The minimum absolute atomic E-state index is 0.172. The van der Waals surface area contributed by atoms with Crippen LogP contribution in [-0.2, 0) is 0 Å². The van der Waals surface area contributed by atoms with Crippen molar-refractivity contribution >= 4 is 41.1 Å². The fourth-order valence-corrected chi connectivity index (χ4v) is 2.37. The number of nitrogen functional groups attached to an aromatic ring is 1. The monoisotopic (exact) mass is 362 g/mol. The van der Waals surface area contributed by atoms with E-state index in [1.165, 1.54) is 6.21 Å². The molecule has 1 aromatic heterocycles. The number of nitrogens with two attached hydrogens (primary N) is 1. The second-order valence-corrected chi connectivity index (χ2v) is 6.21. The molecule has 3 rings (SSSR count). The Morgan fingerprint density at radius 2 is 1.52 bits per heavy atom. The van der Waals surface area contributed by atoms with Crippen LogP contribution < -0.4 is 21.7 Å². The number of nitrogens with one attached hydrogen (secondary N) is 4. The molecule has 0 saturated heterocycles. The lowest BCUT2D eigenvalue weighted by Gasteiger charge is -2.13. The molecule has 0 aliphatic rings. The first-order chi connectivity index (χ1) is 13.0. The third-order valence-electron chi connectivity index (χ3n) is 3.58. The van der Waals surface area contributed by atoms with Crippen molar-refractivity contribution in [2.45, 2.75) is 19.9 Å². The summed E-state index contributed by atoms with van der Waals surface area (Å²) in [6.07, 6.45) is 1.21. The first-order valence-electron chi connectivity index (χ1n) is 8.55. The summed E-state index contributed by atoms with van der Waals surface area (Å²) >= 11 is 0. The summed E-state index contributed by atoms with van der Waals surface area (Å²) in [5, 5.41) is 16.9. The Morgan fingerprint density at radius 1 is 0.889 bits per heavy atom. The number of aromatic nitrogens is 3. The zero-order valence-electron chi connectivity index (χ0n) is 15.2. The zero-order chi connectivity index (χ0) is 19.2. The van der Waals surface area contributed by atoms with Gasteiger partial charge in [-0.25, -0.2) is 0 Å². The number of benzene rings is 2. The zero-order valence-corrected chi connectivity index (χ0v) is 15.2. The minimum Gasteiger partial charge on any atom is -0.398 e. The summed E-state index contributed by atoms with van der Waals surface area (Å²) in [5.74, 6) is 1.26. The average molecular weight is 362 g/mol. The van der Waals surface area contributed by atoms with Gasteiger partial charge < -0.3 is 27.1 Å². The minimum atomic E-state index is 0.172. The largest absolute Gasteiger partial charge is 0.398 e. The molecule has 6 N–H and O–H groups in total. The molecule has 0 aliphatic carbocycles. The molecule has 2 aromatic carbocycles. The van der Waals surface area contributed by atoms with Crippen LogP contribution >= 0.6 is 0 Å². The lowest BCUT2D eigenvalue weighted by Crippen LogP contribution is -2.15. The van der Waals surface area contributed by atoms with Gasteiger partial charge in [-0.2, -0.15) is 15.0 Å². The van der Waals surface area contributed by atoms with Gasteiger partial charge in [0.1, 0.15) is 0 Å². The third-order valence-corrected chi connectivity index (χ3v) is 3.58. The maximum absolute atomic E-state index is 7.44. The molecular formula is C19H22N8. The van der Waals surface area contributed by atoms with Crippen LogP contribution in [-0.4, -0.2) is 27.2 Å². The van der Waals surface area contributed by atoms with Crippen molar-refractivity contribution in [2.75, 3.05) is 21.7 Å². The van der Waals surface area contributed by atoms with Gasteiger partial charge in [-0.1, -0.05) is 18.2 Å². The molecule has 0 saturated carbocycles. The van der Waals surface area contributed by atoms with Crippen LogP contribution in [0.25, 0.3) is 0 Å². The van der Waals surface area contributed by atoms with E-state index in [9.17, 15) is 0 Å². The summed E-state index contributed by atoms with van der Waals surface area (Å²) in [5.41, 5.74) is 8.62. The van der Waals surface area contributed by atoms with Gasteiger partial charge in [0.15, 0.2) is 0 Å². The van der Waals surface area contributed by atoms with Crippen LogP contribution in [0.3, 0.4) is 0 Å². The van der Waals surface area contributed by atoms with Gasteiger partial charge in [-0.3, -0.25) is 0 Å². The fraction of sp³-hybridized carbons (Fsp3) is 0.158. The maximum atomic E-state index is 7.44. The fourth-order valence-electron chi connectivity index (χ4n) is 2.37. The Hall–Kier alpha value is -3.68. The number of hydrogen-bond donors (Lipinski definition) is 5. The smallest absolute Gasteiger partial charge is 0.233 e. The van der Waals surface area contributed by atoms with Crippen LogP contribution in [0.2, 0.25) is 0 Å². The van der Waals surface area contributed by atoms with Gasteiger partial charge in [-0.05, 0) is 44.2 Å². The van der Waals surface area contributed by atoms with E-state index in [0.717, 1.165) is 11.4 Å². The highest BCUT2D eigenvalue weighted by Gasteiger charge is 2.09. The highest BCUT2D eigenvalue weighted by molar-refractivity contribution is 5.87. The number of nitrogens with zero attached hydrogens (tertiary/aromatic N) is 3. The molecule has 1 heterocycles. The van der Waals surface area contributed by atoms with Crippen LogP contribution in [0.5, 0.6) is 0 Å². The van der Waals surface area contributed by atoms with Gasteiger partial charge in [0, 0.05) is 34.9 Å². The standard InChI is InChI=1S/C19H22N8/c1-12(2)22-17-25-18(23-14-6-4-3-5-7-14)27-19(26-17)24-15-8-9-16(21)13(10-15)11-20/h3-12,20H,21H2,1-2H3,(H3,22,23,24,25,26,27). The quantitative estimate of drug-likeness (QED) is 0.320. The summed E-state index contributed by atoms with van der Waals surface area (Å²) in [4.78, 5) is 13.3. The van der Waals surface area contributed by atoms with Gasteiger partial charge in [0.05, 0.1) is 0 Å². The number of rotatable bonds is 7. The average Bonchev–Trinajstić information content (AvgIpc) is 2.63. The van der Waals surface area contributed by atoms with Crippen molar-refractivity contribution in [3.8, 4) is 0 Å². The van der Waals surface area contributed by atoms with Gasteiger partial charge >= 0.3 is 0 Å². The number of hydrogen-bond acceptors (Lipinski definition) is 8. The van der Waals surface area contributed by atoms with E-state index < -0.39 is 0 Å². The lowest BCUT2D eigenvalue weighted by molar-refractivity contribution is 0.869. The Bertz CT molecular complexity index is 924. The van der Waals surface area contributed by atoms with Crippen molar-refractivity contribution in [2.24, 2.45) is 0 Å². The molecular weight excluding hydrogens is 340 g/mol. The molecule has 0 atom stereocenters. The van der Waals surface area contributed by atoms with Crippen LogP contribution in [0.15, 0.2) is 48.5 Å². The molecule has 27 heavy (non-hydrogen) atoms. The summed E-state index contributed by atoms with van der Waals surface area (Å²) in [7, 11) is 0. The molecule has 0 amide bonds. The second-order valence-electron chi connectivity index (χ2n) is 6.21. The Balaban J connectivity index is 1.91. The Labute approximate surface area is 157 Å². The summed E-state index contributed by atoms with van der Waals surface area (Å²) < 4.78 is 0. The summed E-state index contributed by atoms with van der Waals surface area (Å²) in [6.45, 7) is 4.02. The first-order valence-corrected chi connectivity index (χ1v) is 8.55. The van der Waals surface area contributed by atoms with Crippen LogP contribution in [0.1, 0.15) is 19.4 Å². The maximum Gasteiger partial charge on any atom is 0.233 e. The number of para-hydroxylation sites is 1. The molecule has 0 spiro atoms. The Kier molecular flexibility index (Phi) is 5.46. The molecule has 0 radical (unpaired) electrons. The van der Waals surface area contributed by atoms with Crippen LogP contribution in [0.4, 0.5) is 34.9 Å². The van der Waals surface area contributed by atoms with E-state index in [1.807, 2.05) is 50.2 Å². The second kappa shape index (κ2) is 8.13. The van der Waals surface area contributed by atoms with E-state index >= 15 is 0 Å². The topological polar surface area (TPSA) is 125 Å². The van der Waals surface area contributed by atoms with Crippen molar-refractivity contribution in [3.63, 3.8) is 0 Å². The highest BCUT2D eigenvalue weighted by Crippen LogP contribution is 2.21. The van der Waals surface area contributed by atoms with Gasteiger partial charge in [0.2, 0.25) is 17.8 Å². The molecule has 138 valence electrons. The first kappa shape index (κ1) is 18.1.